The number of amides is 1. The van der Waals surface area contributed by atoms with Crippen molar-refractivity contribution in [2.75, 3.05) is 11.4 Å². The molecule has 0 spiro atoms. The van der Waals surface area contributed by atoms with E-state index < -0.39 is 12.2 Å². The first-order chi connectivity index (χ1) is 9.11. The normalized spacial score (nSPS) is 18.9. The van der Waals surface area contributed by atoms with Gasteiger partial charge in [0.15, 0.2) is 6.10 Å². The molecule has 1 aromatic carbocycles. The van der Waals surface area contributed by atoms with Crippen molar-refractivity contribution >= 4 is 11.8 Å². The number of rotatable bonds is 3. The molecule has 1 amide bonds. The Labute approximate surface area is 112 Å². The van der Waals surface area contributed by atoms with Crippen LogP contribution in [0, 0.1) is 11.3 Å². The summed E-state index contributed by atoms with van der Waals surface area (Å²) in [5.41, 5.74) is 0.678. The van der Waals surface area contributed by atoms with Crippen LogP contribution in [0.25, 0.3) is 0 Å². The number of hydrogen-bond acceptors (Lipinski definition) is 4. The van der Waals surface area contributed by atoms with Crippen LogP contribution < -0.4 is 9.64 Å². The Bertz CT molecular complexity index is 508. The fourth-order valence-electron chi connectivity index (χ4n) is 1.93. The van der Waals surface area contributed by atoms with Crippen molar-refractivity contribution in [1.29, 1.82) is 5.26 Å². The lowest BCUT2D eigenvalue weighted by Crippen LogP contribution is -2.41. The van der Waals surface area contributed by atoms with E-state index in [0.29, 0.717) is 24.4 Å². The number of para-hydroxylation sites is 2. The monoisotopic (exact) mass is 260 g/mol. The molecule has 0 saturated carbocycles. The lowest BCUT2D eigenvalue weighted by Gasteiger charge is -2.30. The van der Waals surface area contributed by atoms with E-state index in [4.69, 9.17) is 14.7 Å². The molecule has 0 radical (unpaired) electrons. The first kappa shape index (κ1) is 13.2. The lowest BCUT2D eigenvalue weighted by atomic mass is 10.2. The van der Waals surface area contributed by atoms with Crippen molar-refractivity contribution < 1.29 is 14.3 Å². The zero-order valence-electron chi connectivity index (χ0n) is 11.0. The third-order valence-electron chi connectivity index (χ3n) is 2.74. The zero-order chi connectivity index (χ0) is 13.8. The fourth-order valence-corrected chi connectivity index (χ4v) is 1.93. The first-order valence-corrected chi connectivity index (χ1v) is 6.25. The fraction of sp³-hybridized carbons (Fsp3) is 0.429. The molecule has 100 valence electrons. The minimum absolute atomic E-state index is 0.0221. The second kappa shape index (κ2) is 5.61. The summed E-state index contributed by atoms with van der Waals surface area (Å²) in [6.45, 7) is 4.31. The Balaban J connectivity index is 2.23. The van der Waals surface area contributed by atoms with Crippen LogP contribution in [0.15, 0.2) is 24.3 Å². The summed E-state index contributed by atoms with van der Waals surface area (Å²) in [7, 11) is 0. The van der Waals surface area contributed by atoms with E-state index in [1.807, 2.05) is 44.2 Å². The molecular weight excluding hydrogens is 244 g/mol. The quantitative estimate of drug-likeness (QED) is 0.838. The molecule has 1 aliphatic rings. The highest BCUT2D eigenvalue weighted by atomic mass is 16.6. The van der Waals surface area contributed by atoms with E-state index in [9.17, 15) is 4.79 Å². The standard InChI is InChI=1S/C14H16N2O3/c1-10(2)18-13-6-4-3-5-12(13)16-8-7-11(9-15)19-14(16)17/h3-6,10-11H,7-8H2,1-2H3. The number of ether oxygens (including phenoxy) is 2. The third kappa shape index (κ3) is 2.97. The van der Waals surface area contributed by atoms with Gasteiger partial charge in [-0.25, -0.2) is 4.79 Å². The lowest BCUT2D eigenvalue weighted by molar-refractivity contribution is 0.111. The van der Waals surface area contributed by atoms with E-state index >= 15 is 0 Å². The van der Waals surface area contributed by atoms with Gasteiger partial charge in [0.1, 0.15) is 11.8 Å². The maximum atomic E-state index is 11.9. The van der Waals surface area contributed by atoms with Crippen molar-refractivity contribution in [2.24, 2.45) is 0 Å². The summed E-state index contributed by atoms with van der Waals surface area (Å²) in [6, 6.07) is 9.28. The van der Waals surface area contributed by atoms with Crippen molar-refractivity contribution in [3.8, 4) is 11.8 Å². The highest BCUT2D eigenvalue weighted by Crippen LogP contribution is 2.31. The van der Waals surface area contributed by atoms with E-state index in [1.165, 1.54) is 4.90 Å². The summed E-state index contributed by atoms with van der Waals surface area (Å²) >= 11 is 0. The van der Waals surface area contributed by atoms with Crippen LogP contribution in [-0.2, 0) is 4.74 Å². The van der Waals surface area contributed by atoms with Crippen LogP contribution in [-0.4, -0.2) is 24.8 Å². The highest BCUT2D eigenvalue weighted by Gasteiger charge is 2.29. The molecule has 1 unspecified atom stereocenters. The summed E-state index contributed by atoms with van der Waals surface area (Å²) in [5.74, 6) is 0.643. The van der Waals surface area contributed by atoms with Gasteiger partial charge in [0.25, 0.3) is 0 Å². The molecule has 0 aromatic heterocycles. The van der Waals surface area contributed by atoms with Gasteiger partial charge >= 0.3 is 6.09 Å². The van der Waals surface area contributed by atoms with Crippen molar-refractivity contribution in [3.05, 3.63) is 24.3 Å². The van der Waals surface area contributed by atoms with Gasteiger partial charge in [0.05, 0.1) is 11.8 Å². The Morgan fingerprint density at radius 3 is 2.84 bits per heavy atom. The molecule has 1 atom stereocenters. The number of benzene rings is 1. The maximum Gasteiger partial charge on any atom is 0.415 e. The maximum absolute atomic E-state index is 11.9. The number of carbonyl (C=O) groups is 1. The van der Waals surface area contributed by atoms with Crippen molar-refractivity contribution in [1.82, 2.24) is 0 Å². The van der Waals surface area contributed by atoms with Crippen molar-refractivity contribution in [2.45, 2.75) is 32.5 Å². The molecule has 1 saturated heterocycles. The first-order valence-electron chi connectivity index (χ1n) is 6.25. The van der Waals surface area contributed by atoms with Gasteiger partial charge in [0.2, 0.25) is 0 Å². The average molecular weight is 260 g/mol. The highest BCUT2D eigenvalue weighted by molar-refractivity contribution is 5.90. The second-order valence-electron chi connectivity index (χ2n) is 4.58. The van der Waals surface area contributed by atoms with E-state index in [0.717, 1.165) is 0 Å². The summed E-state index contributed by atoms with van der Waals surface area (Å²) in [6.07, 6.45) is -0.633. The Morgan fingerprint density at radius 2 is 2.21 bits per heavy atom. The molecule has 1 aliphatic heterocycles. The van der Waals surface area contributed by atoms with E-state index in [1.54, 1.807) is 0 Å². The van der Waals surface area contributed by atoms with Gasteiger partial charge < -0.3 is 9.47 Å². The molecule has 1 fully saturated rings. The SMILES string of the molecule is CC(C)Oc1ccccc1N1CCC(C#N)OC1=O. The molecule has 19 heavy (non-hydrogen) atoms. The third-order valence-corrected chi connectivity index (χ3v) is 2.74. The molecule has 1 heterocycles. The second-order valence-corrected chi connectivity index (χ2v) is 4.58. The molecular formula is C14H16N2O3. The molecule has 2 rings (SSSR count). The largest absolute Gasteiger partial charge is 0.489 e. The predicted octanol–water partition coefficient (Wildman–Crippen LogP) is 2.71. The van der Waals surface area contributed by atoms with Gasteiger partial charge in [-0.2, -0.15) is 5.26 Å². The zero-order valence-corrected chi connectivity index (χ0v) is 11.0. The van der Waals surface area contributed by atoms with E-state index in [-0.39, 0.29) is 6.10 Å². The Kier molecular flexibility index (Phi) is 3.91. The Hall–Kier alpha value is -2.22. The number of cyclic esters (lactones) is 1. The van der Waals surface area contributed by atoms with Gasteiger partial charge in [-0.05, 0) is 26.0 Å². The Morgan fingerprint density at radius 1 is 1.47 bits per heavy atom. The molecule has 5 heteroatoms. The number of nitriles is 1. The average Bonchev–Trinajstić information content (AvgIpc) is 2.39. The summed E-state index contributed by atoms with van der Waals surface area (Å²) in [4.78, 5) is 13.4. The van der Waals surface area contributed by atoms with Crippen molar-refractivity contribution in [3.63, 3.8) is 0 Å². The van der Waals surface area contributed by atoms with Crippen LogP contribution in [0.3, 0.4) is 0 Å². The predicted molar refractivity (Wildman–Crippen MR) is 70.1 cm³/mol. The minimum Gasteiger partial charge on any atom is -0.489 e. The van der Waals surface area contributed by atoms with Gasteiger partial charge in [-0.15, -0.1) is 0 Å². The minimum atomic E-state index is -0.651. The molecule has 0 aliphatic carbocycles. The molecule has 0 N–H and O–H groups in total. The van der Waals surface area contributed by atoms with E-state index in [2.05, 4.69) is 0 Å². The van der Waals surface area contributed by atoms with Crippen LogP contribution in [0.4, 0.5) is 10.5 Å². The number of anilines is 1. The number of carbonyl (C=O) groups excluding carboxylic acids is 1. The smallest absolute Gasteiger partial charge is 0.415 e. The number of nitrogens with zero attached hydrogens (tertiary/aromatic N) is 2. The summed E-state index contributed by atoms with van der Waals surface area (Å²) < 4.78 is 10.7. The van der Waals surface area contributed by atoms with Crippen LogP contribution in [0.1, 0.15) is 20.3 Å². The summed E-state index contributed by atoms with van der Waals surface area (Å²) in [5, 5.41) is 8.77. The molecule has 1 aromatic rings. The van der Waals surface area contributed by atoms with Gasteiger partial charge in [-0.1, -0.05) is 12.1 Å². The molecule has 5 nitrogen and oxygen atoms in total. The van der Waals surface area contributed by atoms with Crippen LogP contribution in [0.5, 0.6) is 5.75 Å². The molecule has 0 bridgehead atoms. The van der Waals surface area contributed by atoms with Gasteiger partial charge in [-0.3, -0.25) is 4.90 Å². The number of hydrogen-bond donors (Lipinski definition) is 0. The topological polar surface area (TPSA) is 62.6 Å². The van der Waals surface area contributed by atoms with Crippen LogP contribution >= 0.6 is 0 Å². The van der Waals surface area contributed by atoms with Gasteiger partial charge in [0, 0.05) is 13.0 Å². The van der Waals surface area contributed by atoms with Crippen LogP contribution in [0.2, 0.25) is 0 Å².